The standard InChI is InChI=1S/C9H10F3NO/c1-5(4-14)13-6-2-7(10)9(12)8(11)3-6/h2-3,5,13-14H,4H2,1H3. The van der Waals surface area contributed by atoms with Crippen LogP contribution in [0.2, 0.25) is 0 Å². The highest BCUT2D eigenvalue weighted by Gasteiger charge is 2.11. The Kier molecular flexibility index (Phi) is 3.35. The topological polar surface area (TPSA) is 32.3 Å². The summed E-state index contributed by atoms with van der Waals surface area (Å²) in [6, 6.07) is 1.33. The molecule has 0 aliphatic rings. The Morgan fingerprint density at radius 1 is 1.29 bits per heavy atom. The summed E-state index contributed by atoms with van der Waals surface area (Å²) in [5, 5.41) is 11.3. The fraction of sp³-hybridized carbons (Fsp3) is 0.333. The quantitative estimate of drug-likeness (QED) is 0.738. The first-order valence-corrected chi connectivity index (χ1v) is 4.06. The third-order valence-corrected chi connectivity index (χ3v) is 1.67. The summed E-state index contributed by atoms with van der Waals surface area (Å²) in [5.74, 6) is -4.00. The number of aliphatic hydroxyl groups excluding tert-OH is 1. The summed E-state index contributed by atoms with van der Waals surface area (Å²) < 4.78 is 37.9. The van der Waals surface area contributed by atoms with Crippen molar-refractivity contribution in [1.29, 1.82) is 0 Å². The maximum absolute atomic E-state index is 12.7. The van der Waals surface area contributed by atoms with Gasteiger partial charge in [-0.15, -0.1) is 0 Å². The van der Waals surface area contributed by atoms with E-state index < -0.39 is 17.5 Å². The Balaban J connectivity index is 2.89. The van der Waals surface area contributed by atoms with Gasteiger partial charge in [-0.3, -0.25) is 0 Å². The normalized spacial score (nSPS) is 12.6. The van der Waals surface area contributed by atoms with Crippen molar-refractivity contribution < 1.29 is 18.3 Å². The average molecular weight is 205 g/mol. The van der Waals surface area contributed by atoms with Crippen LogP contribution in [0, 0.1) is 17.5 Å². The predicted octanol–water partition coefficient (Wildman–Crippen LogP) is 1.90. The van der Waals surface area contributed by atoms with Crippen LogP contribution in [0.15, 0.2) is 12.1 Å². The number of aliphatic hydroxyl groups is 1. The molecule has 0 saturated carbocycles. The summed E-state index contributed by atoms with van der Waals surface area (Å²) in [6.45, 7) is 1.44. The Labute approximate surface area is 79.4 Å². The van der Waals surface area contributed by atoms with E-state index in [9.17, 15) is 13.2 Å². The van der Waals surface area contributed by atoms with Gasteiger partial charge in [-0.1, -0.05) is 0 Å². The van der Waals surface area contributed by atoms with Gasteiger partial charge in [0.05, 0.1) is 6.61 Å². The van der Waals surface area contributed by atoms with Crippen LogP contribution < -0.4 is 5.32 Å². The first kappa shape index (κ1) is 10.8. The summed E-state index contributed by atoms with van der Waals surface area (Å²) in [4.78, 5) is 0. The zero-order chi connectivity index (χ0) is 10.7. The molecule has 78 valence electrons. The highest BCUT2D eigenvalue weighted by atomic mass is 19.2. The molecule has 0 radical (unpaired) electrons. The van der Waals surface area contributed by atoms with Gasteiger partial charge < -0.3 is 10.4 Å². The van der Waals surface area contributed by atoms with Gasteiger partial charge in [0.2, 0.25) is 0 Å². The van der Waals surface area contributed by atoms with Gasteiger partial charge in [0.15, 0.2) is 17.5 Å². The molecule has 0 saturated heterocycles. The molecule has 0 amide bonds. The molecular formula is C9H10F3NO. The fourth-order valence-corrected chi connectivity index (χ4v) is 0.969. The molecule has 2 nitrogen and oxygen atoms in total. The zero-order valence-corrected chi connectivity index (χ0v) is 7.52. The van der Waals surface area contributed by atoms with Crippen molar-refractivity contribution in [2.45, 2.75) is 13.0 Å². The Morgan fingerprint density at radius 2 is 1.79 bits per heavy atom. The van der Waals surface area contributed by atoms with E-state index in [0.717, 1.165) is 12.1 Å². The van der Waals surface area contributed by atoms with Gasteiger partial charge in [-0.05, 0) is 6.92 Å². The van der Waals surface area contributed by atoms with Crippen LogP contribution >= 0.6 is 0 Å². The second-order valence-corrected chi connectivity index (χ2v) is 2.98. The molecule has 0 spiro atoms. The van der Waals surface area contributed by atoms with E-state index in [2.05, 4.69) is 5.32 Å². The number of anilines is 1. The molecule has 1 atom stereocenters. The monoisotopic (exact) mass is 205 g/mol. The third-order valence-electron chi connectivity index (χ3n) is 1.67. The predicted molar refractivity (Wildman–Crippen MR) is 46.5 cm³/mol. The molecule has 0 aromatic heterocycles. The fourth-order valence-electron chi connectivity index (χ4n) is 0.969. The molecule has 0 heterocycles. The largest absolute Gasteiger partial charge is 0.394 e. The van der Waals surface area contributed by atoms with E-state index in [1.165, 1.54) is 0 Å². The molecular weight excluding hydrogens is 195 g/mol. The molecule has 1 rings (SSSR count). The highest BCUT2D eigenvalue weighted by molar-refractivity contribution is 5.44. The zero-order valence-electron chi connectivity index (χ0n) is 7.52. The lowest BCUT2D eigenvalue weighted by Crippen LogP contribution is -2.19. The van der Waals surface area contributed by atoms with Crippen molar-refractivity contribution in [3.63, 3.8) is 0 Å². The van der Waals surface area contributed by atoms with Gasteiger partial charge in [0, 0.05) is 23.9 Å². The van der Waals surface area contributed by atoms with Gasteiger partial charge in [0.1, 0.15) is 0 Å². The van der Waals surface area contributed by atoms with Crippen molar-refractivity contribution in [3.05, 3.63) is 29.6 Å². The summed E-state index contributed by atoms with van der Waals surface area (Å²) >= 11 is 0. The SMILES string of the molecule is CC(CO)Nc1cc(F)c(F)c(F)c1. The number of rotatable bonds is 3. The lowest BCUT2D eigenvalue weighted by molar-refractivity contribution is 0.281. The summed E-state index contributed by atoms with van der Waals surface area (Å²) in [7, 11) is 0. The molecule has 0 fully saturated rings. The van der Waals surface area contributed by atoms with Crippen molar-refractivity contribution in [2.24, 2.45) is 0 Å². The smallest absolute Gasteiger partial charge is 0.194 e. The lowest BCUT2D eigenvalue weighted by Gasteiger charge is -2.12. The molecule has 1 aromatic rings. The molecule has 0 aliphatic heterocycles. The number of benzene rings is 1. The van der Waals surface area contributed by atoms with E-state index in [4.69, 9.17) is 5.11 Å². The van der Waals surface area contributed by atoms with Crippen LogP contribution in [-0.2, 0) is 0 Å². The molecule has 2 N–H and O–H groups in total. The molecule has 0 bridgehead atoms. The molecule has 14 heavy (non-hydrogen) atoms. The summed E-state index contributed by atoms with van der Waals surface area (Å²) in [5.41, 5.74) is 0.1000. The van der Waals surface area contributed by atoms with Gasteiger partial charge in [-0.2, -0.15) is 0 Å². The van der Waals surface area contributed by atoms with Gasteiger partial charge >= 0.3 is 0 Å². The molecule has 1 aromatic carbocycles. The summed E-state index contributed by atoms with van der Waals surface area (Å²) in [6.07, 6.45) is 0. The van der Waals surface area contributed by atoms with Crippen molar-refractivity contribution in [3.8, 4) is 0 Å². The van der Waals surface area contributed by atoms with Crippen LogP contribution in [0.3, 0.4) is 0 Å². The van der Waals surface area contributed by atoms with Crippen LogP contribution in [0.25, 0.3) is 0 Å². The van der Waals surface area contributed by atoms with Crippen LogP contribution in [0.1, 0.15) is 6.92 Å². The second-order valence-electron chi connectivity index (χ2n) is 2.98. The first-order valence-electron chi connectivity index (χ1n) is 4.06. The maximum atomic E-state index is 12.7. The van der Waals surface area contributed by atoms with Crippen molar-refractivity contribution in [2.75, 3.05) is 11.9 Å². The number of hydrogen-bond acceptors (Lipinski definition) is 2. The second kappa shape index (κ2) is 4.32. The number of nitrogens with one attached hydrogen (secondary N) is 1. The van der Waals surface area contributed by atoms with E-state index in [0.29, 0.717) is 0 Å². The highest BCUT2D eigenvalue weighted by Crippen LogP contribution is 2.17. The van der Waals surface area contributed by atoms with Crippen molar-refractivity contribution in [1.82, 2.24) is 0 Å². The lowest BCUT2D eigenvalue weighted by atomic mass is 10.2. The van der Waals surface area contributed by atoms with E-state index >= 15 is 0 Å². The van der Waals surface area contributed by atoms with Gasteiger partial charge in [-0.25, -0.2) is 13.2 Å². The van der Waals surface area contributed by atoms with Crippen LogP contribution in [0.5, 0.6) is 0 Å². The minimum Gasteiger partial charge on any atom is -0.394 e. The third kappa shape index (κ3) is 2.38. The number of halogens is 3. The number of hydrogen-bond donors (Lipinski definition) is 2. The van der Waals surface area contributed by atoms with E-state index in [-0.39, 0.29) is 18.3 Å². The minimum absolute atomic E-state index is 0.1000. The minimum atomic E-state index is -1.49. The van der Waals surface area contributed by atoms with Gasteiger partial charge in [0.25, 0.3) is 0 Å². The van der Waals surface area contributed by atoms with E-state index in [1.54, 1.807) is 6.92 Å². The Hall–Kier alpha value is -1.23. The average Bonchev–Trinajstić information content (AvgIpc) is 2.14. The Bertz CT molecular complexity index is 307. The van der Waals surface area contributed by atoms with Crippen molar-refractivity contribution >= 4 is 5.69 Å². The maximum Gasteiger partial charge on any atom is 0.194 e. The van der Waals surface area contributed by atoms with Crippen LogP contribution in [0.4, 0.5) is 18.9 Å². The first-order chi connectivity index (χ1) is 6.54. The Morgan fingerprint density at radius 3 is 2.21 bits per heavy atom. The molecule has 1 unspecified atom stereocenters. The molecule has 5 heteroatoms. The van der Waals surface area contributed by atoms with Crippen LogP contribution in [-0.4, -0.2) is 17.8 Å². The van der Waals surface area contributed by atoms with E-state index in [1.807, 2.05) is 0 Å². The molecule has 0 aliphatic carbocycles.